The van der Waals surface area contributed by atoms with Crippen LogP contribution >= 0.6 is 0 Å². The Kier molecular flexibility index (Phi) is 4.91. The van der Waals surface area contributed by atoms with Gasteiger partial charge >= 0.3 is 0 Å². The topological polar surface area (TPSA) is 41.1 Å². The Morgan fingerprint density at radius 2 is 1.35 bits per heavy atom. The predicted octanol–water partition coefficient (Wildman–Crippen LogP) is 5.09. The summed E-state index contributed by atoms with van der Waals surface area (Å²) in [4.78, 5) is 12.2. The molecule has 1 aliphatic carbocycles. The van der Waals surface area contributed by atoms with Gasteiger partial charge in [0.1, 0.15) is 5.82 Å². The molecule has 1 amide bonds. The molecule has 0 radical (unpaired) electrons. The number of hydrogen-bond acceptors (Lipinski definition) is 2. The van der Waals surface area contributed by atoms with Gasteiger partial charge in [-0.05, 0) is 61.4 Å². The maximum Gasteiger partial charge on any atom is 0.227 e. The van der Waals surface area contributed by atoms with Crippen molar-refractivity contribution in [2.45, 2.75) is 32.1 Å². The van der Waals surface area contributed by atoms with Crippen LogP contribution in [-0.2, 0) is 4.79 Å². The Morgan fingerprint density at radius 1 is 0.826 bits per heavy atom. The van der Waals surface area contributed by atoms with Gasteiger partial charge in [0.15, 0.2) is 0 Å². The van der Waals surface area contributed by atoms with E-state index < -0.39 is 0 Å². The summed E-state index contributed by atoms with van der Waals surface area (Å²) in [6, 6.07) is 13.8. The van der Waals surface area contributed by atoms with Crippen LogP contribution in [0.25, 0.3) is 0 Å². The van der Waals surface area contributed by atoms with E-state index in [9.17, 15) is 9.18 Å². The number of halogens is 1. The molecular formula is C19H21FN2O. The third-order valence-electron chi connectivity index (χ3n) is 4.26. The lowest BCUT2D eigenvalue weighted by atomic mass is 9.88. The van der Waals surface area contributed by atoms with E-state index in [1.165, 1.54) is 18.6 Å². The monoisotopic (exact) mass is 312 g/mol. The van der Waals surface area contributed by atoms with Gasteiger partial charge < -0.3 is 10.6 Å². The van der Waals surface area contributed by atoms with Crippen molar-refractivity contribution in [2.75, 3.05) is 10.6 Å². The molecule has 1 saturated carbocycles. The second-order valence-corrected chi connectivity index (χ2v) is 6.03. The molecule has 0 spiro atoms. The van der Waals surface area contributed by atoms with Gasteiger partial charge in [-0.2, -0.15) is 0 Å². The van der Waals surface area contributed by atoms with Gasteiger partial charge in [-0.1, -0.05) is 19.3 Å². The van der Waals surface area contributed by atoms with Gasteiger partial charge in [0.05, 0.1) is 0 Å². The molecular weight excluding hydrogens is 291 g/mol. The molecule has 0 unspecified atom stereocenters. The molecule has 1 aliphatic rings. The number of nitrogens with one attached hydrogen (secondary N) is 2. The minimum Gasteiger partial charge on any atom is -0.356 e. The van der Waals surface area contributed by atoms with Crippen molar-refractivity contribution in [3.05, 3.63) is 54.3 Å². The molecule has 0 heterocycles. The number of rotatable bonds is 4. The fourth-order valence-electron chi connectivity index (χ4n) is 2.95. The van der Waals surface area contributed by atoms with Crippen LogP contribution < -0.4 is 10.6 Å². The Balaban J connectivity index is 1.58. The first-order valence-corrected chi connectivity index (χ1v) is 8.14. The number of carbonyl (C=O) groups is 1. The summed E-state index contributed by atoms with van der Waals surface area (Å²) >= 11 is 0. The third kappa shape index (κ3) is 4.31. The van der Waals surface area contributed by atoms with Crippen molar-refractivity contribution in [3.63, 3.8) is 0 Å². The maximum atomic E-state index is 12.9. The Bertz CT molecular complexity index is 646. The first-order valence-electron chi connectivity index (χ1n) is 8.14. The highest BCUT2D eigenvalue weighted by atomic mass is 19.1. The quantitative estimate of drug-likeness (QED) is 0.825. The van der Waals surface area contributed by atoms with E-state index in [1.54, 1.807) is 12.1 Å². The van der Waals surface area contributed by atoms with Gasteiger partial charge in [0.25, 0.3) is 0 Å². The van der Waals surface area contributed by atoms with Crippen molar-refractivity contribution in [2.24, 2.45) is 5.92 Å². The van der Waals surface area contributed by atoms with Crippen molar-refractivity contribution >= 4 is 23.0 Å². The summed E-state index contributed by atoms with van der Waals surface area (Å²) < 4.78 is 12.9. The highest BCUT2D eigenvalue weighted by molar-refractivity contribution is 5.92. The summed E-state index contributed by atoms with van der Waals surface area (Å²) in [6.07, 6.45) is 5.54. The second kappa shape index (κ2) is 7.27. The molecule has 3 rings (SSSR count). The molecule has 2 aromatic carbocycles. The fourth-order valence-corrected chi connectivity index (χ4v) is 2.95. The van der Waals surface area contributed by atoms with E-state index in [0.29, 0.717) is 0 Å². The smallest absolute Gasteiger partial charge is 0.227 e. The molecule has 23 heavy (non-hydrogen) atoms. The molecule has 3 nitrogen and oxygen atoms in total. The predicted molar refractivity (Wildman–Crippen MR) is 91.3 cm³/mol. The normalized spacial score (nSPS) is 15.2. The van der Waals surface area contributed by atoms with Crippen molar-refractivity contribution in [1.82, 2.24) is 0 Å². The second-order valence-electron chi connectivity index (χ2n) is 6.03. The molecule has 0 atom stereocenters. The van der Waals surface area contributed by atoms with Crippen LogP contribution in [-0.4, -0.2) is 5.91 Å². The largest absolute Gasteiger partial charge is 0.356 e. The average molecular weight is 312 g/mol. The van der Waals surface area contributed by atoms with E-state index in [2.05, 4.69) is 10.6 Å². The van der Waals surface area contributed by atoms with Gasteiger partial charge in [0.2, 0.25) is 5.91 Å². The van der Waals surface area contributed by atoms with Gasteiger partial charge in [-0.25, -0.2) is 4.39 Å². The van der Waals surface area contributed by atoms with Crippen molar-refractivity contribution < 1.29 is 9.18 Å². The summed E-state index contributed by atoms with van der Waals surface area (Å²) in [6.45, 7) is 0. The van der Waals surface area contributed by atoms with E-state index in [4.69, 9.17) is 0 Å². The van der Waals surface area contributed by atoms with E-state index in [-0.39, 0.29) is 17.6 Å². The van der Waals surface area contributed by atoms with Crippen molar-refractivity contribution in [3.8, 4) is 0 Å². The zero-order valence-corrected chi connectivity index (χ0v) is 13.0. The fraction of sp³-hybridized carbons (Fsp3) is 0.316. The molecule has 0 bridgehead atoms. The minimum atomic E-state index is -0.253. The molecule has 4 heteroatoms. The highest BCUT2D eigenvalue weighted by Gasteiger charge is 2.20. The molecule has 0 saturated heterocycles. The minimum absolute atomic E-state index is 0.129. The highest BCUT2D eigenvalue weighted by Crippen LogP contribution is 2.25. The Morgan fingerprint density at radius 3 is 1.96 bits per heavy atom. The standard InChI is InChI=1S/C19H21FN2O/c20-15-6-8-16(9-7-15)21-17-10-12-18(13-11-17)22-19(23)14-4-2-1-3-5-14/h6-14,21H,1-5H2,(H,22,23). The zero-order chi connectivity index (χ0) is 16.1. The number of amides is 1. The number of anilines is 3. The van der Waals surface area contributed by atoms with Crippen LogP contribution in [0.4, 0.5) is 21.5 Å². The molecule has 120 valence electrons. The molecule has 1 fully saturated rings. The average Bonchev–Trinajstić information content (AvgIpc) is 2.59. The molecule has 0 aromatic heterocycles. The van der Waals surface area contributed by atoms with Crippen LogP contribution in [0, 0.1) is 11.7 Å². The molecule has 0 aliphatic heterocycles. The van der Waals surface area contributed by atoms with Crippen LogP contribution in [0.1, 0.15) is 32.1 Å². The maximum absolute atomic E-state index is 12.9. The summed E-state index contributed by atoms with van der Waals surface area (Å²) in [5, 5.41) is 6.19. The summed E-state index contributed by atoms with van der Waals surface area (Å²) in [7, 11) is 0. The van der Waals surface area contributed by atoms with Crippen molar-refractivity contribution in [1.29, 1.82) is 0 Å². The first-order chi connectivity index (χ1) is 11.2. The zero-order valence-electron chi connectivity index (χ0n) is 13.0. The third-order valence-corrected chi connectivity index (χ3v) is 4.26. The Hall–Kier alpha value is -2.36. The Labute approximate surface area is 135 Å². The van der Waals surface area contributed by atoms with Gasteiger partial charge in [-0.15, -0.1) is 0 Å². The summed E-state index contributed by atoms with van der Waals surface area (Å²) in [5.74, 6) is 0.0287. The number of benzene rings is 2. The number of carbonyl (C=O) groups excluding carboxylic acids is 1. The van der Waals surface area contributed by atoms with Crippen LogP contribution in [0.3, 0.4) is 0 Å². The molecule has 2 aromatic rings. The molecule has 2 N–H and O–H groups in total. The SMILES string of the molecule is O=C(Nc1ccc(Nc2ccc(F)cc2)cc1)C1CCCCC1. The van der Waals surface area contributed by atoms with Gasteiger partial charge in [0, 0.05) is 23.0 Å². The lowest BCUT2D eigenvalue weighted by molar-refractivity contribution is -0.120. The van der Waals surface area contributed by atoms with E-state index in [1.807, 2.05) is 24.3 Å². The number of hydrogen-bond donors (Lipinski definition) is 2. The van der Waals surface area contributed by atoms with Crippen LogP contribution in [0.2, 0.25) is 0 Å². The first kappa shape index (κ1) is 15.5. The van der Waals surface area contributed by atoms with Crippen LogP contribution in [0.5, 0.6) is 0 Å². The summed E-state index contributed by atoms with van der Waals surface area (Å²) in [5.41, 5.74) is 2.53. The lowest BCUT2D eigenvalue weighted by Crippen LogP contribution is -2.24. The van der Waals surface area contributed by atoms with Gasteiger partial charge in [-0.3, -0.25) is 4.79 Å². The van der Waals surface area contributed by atoms with E-state index >= 15 is 0 Å². The van der Waals surface area contributed by atoms with E-state index in [0.717, 1.165) is 42.7 Å². The lowest BCUT2D eigenvalue weighted by Gasteiger charge is -2.20. The van der Waals surface area contributed by atoms with Crippen LogP contribution in [0.15, 0.2) is 48.5 Å².